The van der Waals surface area contributed by atoms with E-state index in [1.807, 2.05) is 0 Å². The maximum Gasteiger partial charge on any atom is 0.306 e. The lowest BCUT2D eigenvalue weighted by molar-refractivity contribution is -0.167. The summed E-state index contributed by atoms with van der Waals surface area (Å²) in [5.41, 5.74) is 0. The van der Waals surface area contributed by atoms with Gasteiger partial charge in [0.2, 0.25) is 0 Å². The molecule has 0 fully saturated rings. The van der Waals surface area contributed by atoms with Crippen molar-refractivity contribution in [1.29, 1.82) is 0 Å². The lowest BCUT2D eigenvalue weighted by atomic mass is 10.0. The summed E-state index contributed by atoms with van der Waals surface area (Å²) in [4.78, 5) is 37.8. The van der Waals surface area contributed by atoms with Crippen LogP contribution in [0.25, 0.3) is 0 Å². The summed E-state index contributed by atoms with van der Waals surface area (Å²) in [5, 5.41) is 0. The van der Waals surface area contributed by atoms with Crippen molar-refractivity contribution in [3.05, 3.63) is 0 Å². The van der Waals surface area contributed by atoms with Crippen LogP contribution in [-0.2, 0) is 28.6 Å². The monoisotopic (exact) mass is 807 g/mol. The van der Waals surface area contributed by atoms with Crippen LogP contribution in [0.1, 0.15) is 279 Å². The minimum Gasteiger partial charge on any atom is -0.462 e. The van der Waals surface area contributed by atoms with Gasteiger partial charge in [-0.25, -0.2) is 0 Å². The fourth-order valence-electron chi connectivity index (χ4n) is 7.64. The highest BCUT2D eigenvalue weighted by Gasteiger charge is 2.19. The molecule has 0 spiro atoms. The molecule has 0 aliphatic heterocycles. The molecule has 0 aromatic carbocycles. The van der Waals surface area contributed by atoms with Crippen LogP contribution in [0.15, 0.2) is 0 Å². The molecule has 0 aliphatic carbocycles. The van der Waals surface area contributed by atoms with Gasteiger partial charge in [-0.05, 0) is 31.1 Å². The Morgan fingerprint density at radius 2 is 0.579 bits per heavy atom. The zero-order valence-corrected chi connectivity index (χ0v) is 39.0. The SMILES string of the molecule is CCCCCCCCCCCCCCCC(=O)O[C@H](COC(=O)CCCCCCCCCCCCCCCCC(C)C)COC(=O)CCCCCCCCC(C)C. The summed E-state index contributed by atoms with van der Waals surface area (Å²) >= 11 is 0. The van der Waals surface area contributed by atoms with Crippen LogP contribution < -0.4 is 0 Å². The first-order valence-electron chi connectivity index (χ1n) is 25.2. The summed E-state index contributed by atoms with van der Waals surface area (Å²) < 4.78 is 16.8. The van der Waals surface area contributed by atoms with Gasteiger partial charge in [0.15, 0.2) is 6.10 Å². The Morgan fingerprint density at radius 1 is 0.333 bits per heavy atom. The highest BCUT2D eigenvalue weighted by atomic mass is 16.6. The van der Waals surface area contributed by atoms with Gasteiger partial charge in [0.25, 0.3) is 0 Å². The van der Waals surface area contributed by atoms with Crippen LogP contribution in [0.4, 0.5) is 0 Å². The molecule has 0 unspecified atom stereocenters. The van der Waals surface area contributed by atoms with E-state index in [0.29, 0.717) is 19.3 Å². The van der Waals surface area contributed by atoms with Gasteiger partial charge in [0, 0.05) is 19.3 Å². The second-order valence-electron chi connectivity index (χ2n) is 18.4. The first-order chi connectivity index (χ1) is 27.7. The van der Waals surface area contributed by atoms with Gasteiger partial charge < -0.3 is 14.2 Å². The third kappa shape index (κ3) is 45.3. The van der Waals surface area contributed by atoms with Gasteiger partial charge in [0.1, 0.15) is 13.2 Å². The van der Waals surface area contributed by atoms with Crippen molar-refractivity contribution in [2.24, 2.45) is 11.8 Å². The Bertz CT molecular complexity index is 870. The average Bonchev–Trinajstić information content (AvgIpc) is 3.18. The second-order valence-corrected chi connectivity index (χ2v) is 18.4. The number of carbonyl (C=O) groups is 3. The van der Waals surface area contributed by atoms with Crippen LogP contribution in [0.5, 0.6) is 0 Å². The minimum absolute atomic E-state index is 0.0645. The van der Waals surface area contributed by atoms with Crippen molar-refractivity contribution >= 4 is 17.9 Å². The van der Waals surface area contributed by atoms with Crippen molar-refractivity contribution in [2.75, 3.05) is 13.2 Å². The largest absolute Gasteiger partial charge is 0.462 e. The van der Waals surface area contributed by atoms with Gasteiger partial charge in [0.05, 0.1) is 0 Å². The Balaban J connectivity index is 4.26. The van der Waals surface area contributed by atoms with Crippen LogP contribution in [0, 0.1) is 11.8 Å². The molecule has 0 radical (unpaired) electrons. The second kappa shape index (κ2) is 44.0. The summed E-state index contributed by atoms with van der Waals surface area (Å²) in [6.45, 7) is 11.3. The fourth-order valence-corrected chi connectivity index (χ4v) is 7.64. The highest BCUT2D eigenvalue weighted by molar-refractivity contribution is 5.71. The lowest BCUT2D eigenvalue weighted by Crippen LogP contribution is -2.30. The zero-order chi connectivity index (χ0) is 41.9. The summed E-state index contributed by atoms with van der Waals surface area (Å²) in [6, 6.07) is 0. The Kier molecular flexibility index (Phi) is 42.7. The topological polar surface area (TPSA) is 78.9 Å². The van der Waals surface area contributed by atoms with Crippen LogP contribution in [0.2, 0.25) is 0 Å². The molecule has 0 saturated heterocycles. The normalized spacial score (nSPS) is 12.1. The molecular weight excluding hydrogens is 709 g/mol. The Hall–Kier alpha value is -1.59. The number of hydrogen-bond donors (Lipinski definition) is 0. The fraction of sp³-hybridized carbons (Fsp3) is 0.941. The molecule has 0 rings (SSSR count). The molecule has 0 bridgehead atoms. The van der Waals surface area contributed by atoms with Crippen molar-refractivity contribution in [3.8, 4) is 0 Å². The van der Waals surface area contributed by atoms with Crippen molar-refractivity contribution in [2.45, 2.75) is 285 Å². The van der Waals surface area contributed by atoms with E-state index in [4.69, 9.17) is 14.2 Å². The van der Waals surface area contributed by atoms with Crippen molar-refractivity contribution < 1.29 is 28.6 Å². The molecule has 0 aromatic heterocycles. The number of carbonyl (C=O) groups excluding carboxylic acids is 3. The third-order valence-corrected chi connectivity index (χ3v) is 11.5. The van der Waals surface area contributed by atoms with Gasteiger partial charge in [-0.2, -0.15) is 0 Å². The first kappa shape index (κ1) is 55.4. The van der Waals surface area contributed by atoms with Gasteiger partial charge in [-0.3, -0.25) is 14.4 Å². The minimum atomic E-state index is -0.761. The zero-order valence-electron chi connectivity index (χ0n) is 39.0. The smallest absolute Gasteiger partial charge is 0.306 e. The molecule has 0 amide bonds. The molecule has 57 heavy (non-hydrogen) atoms. The molecule has 6 heteroatoms. The summed E-state index contributed by atoms with van der Waals surface area (Å²) in [6.07, 6.45) is 43.9. The van der Waals surface area contributed by atoms with E-state index in [9.17, 15) is 14.4 Å². The molecule has 0 heterocycles. The number of esters is 3. The van der Waals surface area contributed by atoms with Crippen LogP contribution in [-0.4, -0.2) is 37.2 Å². The number of ether oxygens (including phenoxy) is 3. The standard InChI is InChI=1S/C51H98O6/c1-6-7-8-9-10-11-12-15-20-23-26-33-38-43-51(54)57-48(45-56-50(53)42-37-32-28-27-30-35-40-47(4)5)44-55-49(52)41-36-31-25-22-19-17-14-13-16-18-21-24-29-34-39-46(2)3/h46-48H,6-45H2,1-5H3/t48-/m1/s1. The first-order valence-corrected chi connectivity index (χ1v) is 25.2. The van der Waals surface area contributed by atoms with E-state index in [2.05, 4.69) is 34.6 Å². The predicted octanol–water partition coefficient (Wildman–Crippen LogP) is 16.1. The summed E-state index contributed by atoms with van der Waals surface area (Å²) in [5.74, 6) is 0.754. The number of hydrogen-bond acceptors (Lipinski definition) is 6. The van der Waals surface area contributed by atoms with Gasteiger partial charge in [-0.15, -0.1) is 0 Å². The van der Waals surface area contributed by atoms with Gasteiger partial charge >= 0.3 is 17.9 Å². The third-order valence-electron chi connectivity index (χ3n) is 11.5. The molecule has 0 aromatic rings. The van der Waals surface area contributed by atoms with E-state index >= 15 is 0 Å². The maximum absolute atomic E-state index is 12.7. The lowest BCUT2D eigenvalue weighted by Gasteiger charge is -2.18. The molecule has 0 saturated carbocycles. The maximum atomic E-state index is 12.7. The highest BCUT2D eigenvalue weighted by Crippen LogP contribution is 2.17. The molecule has 0 aliphatic rings. The molecule has 1 atom stereocenters. The molecular formula is C51H98O6. The predicted molar refractivity (Wildman–Crippen MR) is 243 cm³/mol. The number of unbranched alkanes of at least 4 members (excludes halogenated alkanes) is 30. The van der Waals surface area contributed by atoms with E-state index < -0.39 is 6.10 Å². The van der Waals surface area contributed by atoms with Crippen molar-refractivity contribution in [1.82, 2.24) is 0 Å². The summed E-state index contributed by atoms with van der Waals surface area (Å²) in [7, 11) is 0. The van der Waals surface area contributed by atoms with E-state index in [1.54, 1.807) is 0 Å². The quantitative estimate of drug-likeness (QED) is 0.0346. The van der Waals surface area contributed by atoms with Crippen molar-refractivity contribution in [3.63, 3.8) is 0 Å². The molecule has 6 nitrogen and oxygen atoms in total. The van der Waals surface area contributed by atoms with Gasteiger partial charge in [-0.1, -0.05) is 240 Å². The van der Waals surface area contributed by atoms with E-state index in [1.165, 1.54) is 167 Å². The van der Waals surface area contributed by atoms with Crippen LogP contribution in [0.3, 0.4) is 0 Å². The van der Waals surface area contributed by atoms with Crippen LogP contribution >= 0.6 is 0 Å². The molecule has 338 valence electrons. The Morgan fingerprint density at radius 3 is 0.860 bits per heavy atom. The molecule has 0 N–H and O–H groups in total. The number of rotatable bonds is 45. The average molecular weight is 807 g/mol. The van der Waals surface area contributed by atoms with E-state index in [-0.39, 0.29) is 31.1 Å². The van der Waals surface area contributed by atoms with E-state index in [0.717, 1.165) is 69.6 Å². The Labute approximate surface area is 355 Å².